The number of hydrogen-bond donors (Lipinski definition) is 1. The highest BCUT2D eigenvalue weighted by Crippen LogP contribution is 2.34. The highest BCUT2D eigenvalue weighted by Gasteiger charge is 2.27. The van der Waals surface area contributed by atoms with Crippen LogP contribution in [-0.2, 0) is 5.41 Å². The number of aldehydes is 1. The van der Waals surface area contributed by atoms with E-state index in [-0.39, 0.29) is 10.3 Å². The van der Waals surface area contributed by atoms with Crippen LogP contribution >= 0.6 is 11.3 Å². The molecule has 0 fully saturated rings. The lowest BCUT2D eigenvalue weighted by atomic mass is 9.82. The molecule has 1 rings (SSSR count). The fourth-order valence-electron chi connectivity index (χ4n) is 1.32. The number of carbonyl (C=O) groups is 2. The minimum Gasteiger partial charge on any atom is -0.477 e. The standard InChI is InChI=1S/C11H14O3S/c1-4-11(2,3)8-5-7(6-12)15-9(8)10(13)14/h5-6H,4H2,1-3H3,(H,13,14). The molecule has 0 spiro atoms. The highest BCUT2D eigenvalue weighted by atomic mass is 32.1. The van der Waals surface area contributed by atoms with E-state index < -0.39 is 5.97 Å². The normalized spacial score (nSPS) is 11.4. The van der Waals surface area contributed by atoms with Crippen LogP contribution in [-0.4, -0.2) is 17.4 Å². The molecule has 0 unspecified atom stereocenters. The van der Waals surface area contributed by atoms with Gasteiger partial charge in [-0.1, -0.05) is 20.8 Å². The summed E-state index contributed by atoms with van der Waals surface area (Å²) in [6.45, 7) is 5.97. The first kappa shape index (κ1) is 11.9. The third kappa shape index (κ3) is 2.26. The first-order valence-corrected chi connectivity index (χ1v) is 5.56. The topological polar surface area (TPSA) is 54.4 Å². The summed E-state index contributed by atoms with van der Waals surface area (Å²) in [5.41, 5.74) is 0.551. The molecule has 0 aromatic carbocycles. The van der Waals surface area contributed by atoms with Gasteiger partial charge >= 0.3 is 5.97 Å². The van der Waals surface area contributed by atoms with Crippen molar-refractivity contribution >= 4 is 23.6 Å². The minimum atomic E-state index is -0.954. The molecule has 1 aromatic rings. The second-order valence-electron chi connectivity index (χ2n) is 4.05. The summed E-state index contributed by atoms with van der Waals surface area (Å²) in [5, 5.41) is 9.03. The van der Waals surface area contributed by atoms with Crippen molar-refractivity contribution < 1.29 is 14.7 Å². The summed E-state index contributed by atoms with van der Waals surface area (Å²) in [4.78, 5) is 22.4. The predicted octanol–water partition coefficient (Wildman–Crippen LogP) is 2.95. The first-order chi connectivity index (χ1) is 6.92. The van der Waals surface area contributed by atoms with E-state index in [2.05, 4.69) is 0 Å². The molecule has 1 heterocycles. The second kappa shape index (κ2) is 4.14. The lowest BCUT2D eigenvalue weighted by Gasteiger charge is -2.22. The largest absolute Gasteiger partial charge is 0.477 e. The quantitative estimate of drug-likeness (QED) is 0.803. The Bertz CT molecular complexity index is 391. The summed E-state index contributed by atoms with van der Waals surface area (Å²) in [6.07, 6.45) is 1.54. The molecule has 1 N–H and O–H groups in total. The zero-order valence-electron chi connectivity index (χ0n) is 9.03. The SMILES string of the molecule is CCC(C)(C)c1cc(C=O)sc1C(=O)O. The molecule has 0 bridgehead atoms. The number of thiophene rings is 1. The van der Waals surface area contributed by atoms with E-state index in [0.29, 0.717) is 11.2 Å². The number of carbonyl (C=O) groups excluding carboxylic acids is 1. The molecule has 1 aromatic heterocycles. The molecule has 3 nitrogen and oxygen atoms in total. The van der Waals surface area contributed by atoms with Crippen LogP contribution in [0.3, 0.4) is 0 Å². The van der Waals surface area contributed by atoms with Crippen LogP contribution in [0.2, 0.25) is 0 Å². The molecule has 82 valence electrons. The van der Waals surface area contributed by atoms with Gasteiger partial charge in [0.25, 0.3) is 0 Å². The molecule has 0 aliphatic carbocycles. The summed E-state index contributed by atoms with van der Waals surface area (Å²) in [6, 6.07) is 1.69. The molecule has 0 radical (unpaired) electrons. The number of rotatable bonds is 4. The lowest BCUT2D eigenvalue weighted by Crippen LogP contribution is -2.17. The first-order valence-electron chi connectivity index (χ1n) is 4.75. The Morgan fingerprint density at radius 2 is 2.20 bits per heavy atom. The maximum Gasteiger partial charge on any atom is 0.346 e. The molecule has 0 aliphatic rings. The Morgan fingerprint density at radius 1 is 1.60 bits per heavy atom. The Labute approximate surface area is 92.7 Å². The zero-order chi connectivity index (χ0) is 11.6. The second-order valence-corrected chi connectivity index (χ2v) is 5.14. The number of aromatic carboxylic acids is 1. The third-order valence-electron chi connectivity index (χ3n) is 2.67. The van der Waals surface area contributed by atoms with Gasteiger partial charge in [0.1, 0.15) is 4.88 Å². The summed E-state index contributed by atoms with van der Waals surface area (Å²) < 4.78 is 0. The Kier molecular flexibility index (Phi) is 3.29. The van der Waals surface area contributed by atoms with Crippen LogP contribution in [0, 0.1) is 0 Å². The molecule has 0 amide bonds. The van der Waals surface area contributed by atoms with E-state index in [1.54, 1.807) is 6.07 Å². The van der Waals surface area contributed by atoms with Crippen molar-refractivity contribution in [1.29, 1.82) is 0 Å². The van der Waals surface area contributed by atoms with Gasteiger partial charge in [-0.3, -0.25) is 4.79 Å². The molecule has 4 heteroatoms. The summed E-state index contributed by atoms with van der Waals surface area (Å²) >= 11 is 1.04. The van der Waals surface area contributed by atoms with E-state index in [1.165, 1.54) is 0 Å². The Morgan fingerprint density at radius 3 is 2.60 bits per heavy atom. The molecule has 0 atom stereocenters. The highest BCUT2D eigenvalue weighted by molar-refractivity contribution is 7.15. The number of carboxylic acid groups (broad SMARTS) is 1. The van der Waals surface area contributed by atoms with Gasteiger partial charge in [0.15, 0.2) is 6.29 Å². The van der Waals surface area contributed by atoms with Crippen molar-refractivity contribution in [2.45, 2.75) is 32.6 Å². The maximum atomic E-state index is 11.0. The third-order valence-corrected chi connectivity index (χ3v) is 3.72. The Hall–Kier alpha value is -1.16. The van der Waals surface area contributed by atoms with Crippen LogP contribution < -0.4 is 0 Å². The van der Waals surface area contributed by atoms with Gasteiger partial charge in [0, 0.05) is 0 Å². The molecule has 0 aliphatic heterocycles. The van der Waals surface area contributed by atoms with Crippen LogP contribution in [0.25, 0.3) is 0 Å². The fourth-order valence-corrected chi connectivity index (χ4v) is 2.31. The van der Waals surface area contributed by atoms with Crippen LogP contribution in [0.5, 0.6) is 0 Å². The summed E-state index contributed by atoms with van der Waals surface area (Å²) in [7, 11) is 0. The van der Waals surface area contributed by atoms with Crippen LogP contribution in [0.1, 0.15) is 52.1 Å². The van der Waals surface area contributed by atoms with Crippen molar-refractivity contribution in [2.24, 2.45) is 0 Å². The van der Waals surface area contributed by atoms with Crippen LogP contribution in [0.15, 0.2) is 6.07 Å². The van der Waals surface area contributed by atoms with Crippen molar-refractivity contribution in [1.82, 2.24) is 0 Å². The van der Waals surface area contributed by atoms with Crippen molar-refractivity contribution in [2.75, 3.05) is 0 Å². The Balaban J connectivity index is 3.32. The molecule has 15 heavy (non-hydrogen) atoms. The summed E-state index contributed by atoms with van der Waals surface area (Å²) in [5.74, 6) is -0.954. The maximum absolute atomic E-state index is 11.0. The van der Waals surface area contributed by atoms with Crippen LogP contribution in [0.4, 0.5) is 0 Å². The van der Waals surface area contributed by atoms with Gasteiger partial charge in [-0.2, -0.15) is 0 Å². The number of carboxylic acids is 1. The van der Waals surface area contributed by atoms with E-state index in [4.69, 9.17) is 5.11 Å². The van der Waals surface area contributed by atoms with Crippen molar-refractivity contribution in [3.8, 4) is 0 Å². The van der Waals surface area contributed by atoms with Gasteiger partial charge in [-0.05, 0) is 23.5 Å². The van der Waals surface area contributed by atoms with Gasteiger partial charge in [-0.15, -0.1) is 11.3 Å². The minimum absolute atomic E-state index is 0.203. The molecule has 0 saturated heterocycles. The van der Waals surface area contributed by atoms with E-state index in [0.717, 1.165) is 23.3 Å². The van der Waals surface area contributed by atoms with E-state index >= 15 is 0 Å². The predicted molar refractivity (Wildman–Crippen MR) is 60.0 cm³/mol. The smallest absolute Gasteiger partial charge is 0.346 e. The van der Waals surface area contributed by atoms with Gasteiger partial charge in [0.2, 0.25) is 0 Å². The van der Waals surface area contributed by atoms with Crippen molar-refractivity contribution in [3.63, 3.8) is 0 Å². The average molecular weight is 226 g/mol. The van der Waals surface area contributed by atoms with Gasteiger partial charge in [-0.25, -0.2) is 4.79 Å². The lowest BCUT2D eigenvalue weighted by molar-refractivity contribution is 0.0699. The van der Waals surface area contributed by atoms with E-state index in [1.807, 2.05) is 20.8 Å². The zero-order valence-corrected chi connectivity index (χ0v) is 9.85. The molecule has 0 saturated carbocycles. The van der Waals surface area contributed by atoms with Gasteiger partial charge < -0.3 is 5.11 Å². The van der Waals surface area contributed by atoms with Gasteiger partial charge in [0.05, 0.1) is 4.88 Å². The fraction of sp³-hybridized carbons (Fsp3) is 0.455. The molecular weight excluding hydrogens is 212 g/mol. The van der Waals surface area contributed by atoms with E-state index in [9.17, 15) is 9.59 Å². The molecular formula is C11H14O3S. The van der Waals surface area contributed by atoms with Crippen molar-refractivity contribution in [3.05, 3.63) is 21.4 Å². The monoisotopic (exact) mass is 226 g/mol. The average Bonchev–Trinajstić information content (AvgIpc) is 2.62. The number of hydrogen-bond acceptors (Lipinski definition) is 3.